The van der Waals surface area contributed by atoms with E-state index in [1.54, 1.807) is 13.3 Å². The highest BCUT2D eigenvalue weighted by Crippen LogP contribution is 2.17. The van der Waals surface area contributed by atoms with Gasteiger partial charge in [0, 0.05) is 25.2 Å². The summed E-state index contributed by atoms with van der Waals surface area (Å²) in [4.78, 5) is 6.36. The minimum atomic E-state index is 0. The Hall–Kier alpha value is -1.25. The van der Waals surface area contributed by atoms with Crippen LogP contribution < -0.4 is 10.6 Å². The first-order valence-corrected chi connectivity index (χ1v) is 7.86. The first-order chi connectivity index (χ1) is 11.1. The Bertz CT molecular complexity index is 631. The summed E-state index contributed by atoms with van der Waals surface area (Å²) in [5.41, 5.74) is 1.11. The number of hydrogen-bond donors (Lipinski definition) is 2. The fraction of sp³-hybridized carbons (Fsp3) is 0.353. The van der Waals surface area contributed by atoms with Gasteiger partial charge in [0.15, 0.2) is 5.96 Å². The quantitative estimate of drug-likeness (QED) is 0.392. The molecule has 0 bridgehead atoms. The topological polar surface area (TPSA) is 52.8 Å². The van der Waals surface area contributed by atoms with E-state index in [4.69, 9.17) is 16.0 Å². The van der Waals surface area contributed by atoms with Crippen molar-refractivity contribution in [2.24, 2.45) is 4.99 Å². The number of guanidine groups is 1. The Balaban J connectivity index is 0.00000288. The van der Waals surface area contributed by atoms with Crippen molar-refractivity contribution >= 4 is 41.5 Å². The molecular formula is C17H24ClIN4O. The predicted octanol–water partition coefficient (Wildman–Crippen LogP) is 3.52. The van der Waals surface area contributed by atoms with Crippen LogP contribution in [0.5, 0.6) is 0 Å². The van der Waals surface area contributed by atoms with Crippen LogP contribution in [0, 0.1) is 0 Å². The zero-order valence-corrected chi connectivity index (χ0v) is 17.2. The highest BCUT2D eigenvalue weighted by Gasteiger charge is 2.17. The fourth-order valence-electron chi connectivity index (χ4n) is 2.27. The SMILES string of the molecule is CN=C(NCc1cccc(Cl)c1)NCC(c1ccco1)N(C)C.I. The van der Waals surface area contributed by atoms with Crippen LogP contribution >= 0.6 is 35.6 Å². The lowest BCUT2D eigenvalue weighted by atomic mass is 10.2. The van der Waals surface area contributed by atoms with Gasteiger partial charge in [-0.2, -0.15) is 0 Å². The molecule has 2 rings (SSSR count). The van der Waals surface area contributed by atoms with Gasteiger partial charge in [-0.1, -0.05) is 23.7 Å². The highest BCUT2D eigenvalue weighted by atomic mass is 127. The molecule has 2 aromatic rings. The van der Waals surface area contributed by atoms with E-state index in [1.165, 1.54) is 0 Å². The fourth-order valence-corrected chi connectivity index (χ4v) is 2.48. The van der Waals surface area contributed by atoms with Crippen LogP contribution in [0.4, 0.5) is 0 Å². The van der Waals surface area contributed by atoms with Gasteiger partial charge in [0.1, 0.15) is 5.76 Å². The molecule has 0 aliphatic rings. The van der Waals surface area contributed by atoms with E-state index < -0.39 is 0 Å². The molecule has 1 atom stereocenters. The molecule has 132 valence electrons. The van der Waals surface area contributed by atoms with E-state index in [0.717, 1.165) is 22.3 Å². The number of rotatable bonds is 6. The summed E-state index contributed by atoms with van der Waals surface area (Å²) in [6.45, 7) is 1.35. The smallest absolute Gasteiger partial charge is 0.191 e. The standard InChI is InChI=1S/C17H23ClN4O.HI/c1-19-17(20-11-13-6-4-7-14(18)10-13)21-12-15(22(2)3)16-8-5-9-23-16;/h4-10,15H,11-12H2,1-3H3,(H2,19,20,21);1H. The van der Waals surface area contributed by atoms with Crippen molar-refractivity contribution in [1.82, 2.24) is 15.5 Å². The first-order valence-electron chi connectivity index (χ1n) is 7.49. The van der Waals surface area contributed by atoms with Gasteiger partial charge in [0.05, 0.1) is 12.3 Å². The van der Waals surface area contributed by atoms with Crippen molar-refractivity contribution in [3.8, 4) is 0 Å². The molecule has 1 aromatic heterocycles. The van der Waals surface area contributed by atoms with Crippen LogP contribution in [0.25, 0.3) is 0 Å². The second kappa shape index (κ2) is 10.6. The van der Waals surface area contributed by atoms with Crippen molar-refractivity contribution in [1.29, 1.82) is 0 Å². The molecule has 1 heterocycles. The zero-order chi connectivity index (χ0) is 16.7. The summed E-state index contributed by atoms with van der Waals surface area (Å²) < 4.78 is 5.51. The van der Waals surface area contributed by atoms with Gasteiger partial charge in [-0.25, -0.2) is 0 Å². The van der Waals surface area contributed by atoms with Crippen LogP contribution in [0.1, 0.15) is 17.4 Å². The third kappa shape index (κ3) is 6.33. The number of hydrogen-bond acceptors (Lipinski definition) is 3. The Morgan fingerprint density at radius 1 is 1.25 bits per heavy atom. The second-order valence-corrected chi connectivity index (χ2v) is 5.87. The van der Waals surface area contributed by atoms with E-state index in [9.17, 15) is 0 Å². The molecule has 0 radical (unpaired) electrons. The van der Waals surface area contributed by atoms with Crippen molar-refractivity contribution in [2.45, 2.75) is 12.6 Å². The van der Waals surface area contributed by atoms with E-state index in [1.807, 2.05) is 50.5 Å². The largest absolute Gasteiger partial charge is 0.468 e. The summed E-state index contributed by atoms with van der Waals surface area (Å²) in [7, 11) is 5.80. The molecule has 5 nitrogen and oxygen atoms in total. The highest BCUT2D eigenvalue weighted by molar-refractivity contribution is 14.0. The summed E-state index contributed by atoms with van der Waals surface area (Å²) in [6, 6.07) is 11.8. The second-order valence-electron chi connectivity index (χ2n) is 5.43. The monoisotopic (exact) mass is 462 g/mol. The molecule has 0 fully saturated rings. The van der Waals surface area contributed by atoms with Crippen molar-refractivity contribution < 1.29 is 4.42 Å². The molecule has 2 N–H and O–H groups in total. The van der Waals surface area contributed by atoms with Crippen molar-refractivity contribution in [3.05, 3.63) is 59.0 Å². The summed E-state index contributed by atoms with van der Waals surface area (Å²) >= 11 is 6.00. The molecule has 0 aliphatic carbocycles. The Morgan fingerprint density at radius 3 is 2.62 bits per heavy atom. The van der Waals surface area contributed by atoms with Gasteiger partial charge >= 0.3 is 0 Å². The number of likely N-dealkylation sites (N-methyl/N-ethyl adjacent to an activating group) is 1. The van der Waals surface area contributed by atoms with Crippen LogP contribution in [0.15, 0.2) is 52.1 Å². The number of halogens is 2. The van der Waals surface area contributed by atoms with Crippen LogP contribution in [0.3, 0.4) is 0 Å². The maximum atomic E-state index is 6.00. The van der Waals surface area contributed by atoms with Gasteiger partial charge in [0.2, 0.25) is 0 Å². The van der Waals surface area contributed by atoms with Crippen LogP contribution in [-0.2, 0) is 6.54 Å². The van der Waals surface area contributed by atoms with Gasteiger partial charge in [0.25, 0.3) is 0 Å². The van der Waals surface area contributed by atoms with E-state index in [0.29, 0.717) is 13.1 Å². The summed E-state index contributed by atoms with van der Waals surface area (Å²) in [5, 5.41) is 7.35. The Morgan fingerprint density at radius 2 is 2.04 bits per heavy atom. The van der Waals surface area contributed by atoms with Gasteiger partial charge in [-0.3, -0.25) is 9.89 Å². The lowest BCUT2D eigenvalue weighted by Crippen LogP contribution is -2.41. The van der Waals surface area contributed by atoms with Gasteiger partial charge in [-0.05, 0) is 43.9 Å². The maximum Gasteiger partial charge on any atom is 0.191 e. The number of aliphatic imine (C=N–C) groups is 1. The number of benzene rings is 1. The molecule has 0 amide bonds. The maximum absolute atomic E-state index is 6.00. The van der Waals surface area contributed by atoms with Gasteiger partial charge in [-0.15, -0.1) is 24.0 Å². The molecule has 0 saturated heterocycles. The molecular weight excluding hydrogens is 439 g/mol. The van der Waals surface area contributed by atoms with E-state index >= 15 is 0 Å². The summed E-state index contributed by atoms with van der Waals surface area (Å²) in [6.07, 6.45) is 1.69. The average Bonchev–Trinajstić information content (AvgIpc) is 3.04. The molecule has 0 saturated carbocycles. The molecule has 24 heavy (non-hydrogen) atoms. The minimum absolute atomic E-state index is 0. The third-order valence-corrected chi connectivity index (χ3v) is 3.77. The summed E-state index contributed by atoms with van der Waals surface area (Å²) in [5.74, 6) is 1.66. The Kier molecular flexibility index (Phi) is 9.17. The average molecular weight is 463 g/mol. The van der Waals surface area contributed by atoms with Gasteiger partial charge < -0.3 is 15.1 Å². The van der Waals surface area contributed by atoms with Crippen LogP contribution in [0.2, 0.25) is 5.02 Å². The first kappa shape index (κ1) is 20.8. The molecule has 1 aromatic carbocycles. The number of furan rings is 1. The molecule has 0 aliphatic heterocycles. The molecule has 7 heteroatoms. The number of nitrogens with zero attached hydrogens (tertiary/aromatic N) is 2. The van der Waals surface area contributed by atoms with Crippen molar-refractivity contribution in [3.63, 3.8) is 0 Å². The lowest BCUT2D eigenvalue weighted by molar-refractivity contribution is 0.258. The minimum Gasteiger partial charge on any atom is -0.468 e. The zero-order valence-electron chi connectivity index (χ0n) is 14.1. The molecule has 1 unspecified atom stereocenters. The predicted molar refractivity (Wildman–Crippen MR) is 110 cm³/mol. The normalized spacial score (nSPS) is 12.6. The number of nitrogens with one attached hydrogen (secondary N) is 2. The van der Waals surface area contributed by atoms with E-state index in [-0.39, 0.29) is 30.0 Å². The Labute approximate surface area is 165 Å². The van der Waals surface area contributed by atoms with Crippen molar-refractivity contribution in [2.75, 3.05) is 27.7 Å². The van der Waals surface area contributed by atoms with Crippen LogP contribution in [-0.4, -0.2) is 38.5 Å². The van der Waals surface area contributed by atoms with E-state index in [2.05, 4.69) is 20.5 Å². The molecule has 0 spiro atoms. The third-order valence-electron chi connectivity index (χ3n) is 3.53. The lowest BCUT2D eigenvalue weighted by Gasteiger charge is -2.23.